The number of nitrogens with one attached hydrogen (secondary N) is 1. The number of rotatable bonds is 2. The molecule has 0 aliphatic carbocycles. The van der Waals surface area contributed by atoms with Crippen molar-refractivity contribution in [2.24, 2.45) is 0 Å². The predicted molar refractivity (Wildman–Crippen MR) is 96.3 cm³/mol. The third kappa shape index (κ3) is 2.90. The van der Waals surface area contributed by atoms with Crippen LogP contribution >= 0.6 is 22.6 Å². The summed E-state index contributed by atoms with van der Waals surface area (Å²) in [5.41, 5.74) is 1.48. The molecule has 1 N–H and O–H groups in total. The number of nitriles is 1. The Labute approximate surface area is 151 Å². The van der Waals surface area contributed by atoms with Gasteiger partial charge in [-0.25, -0.2) is 0 Å². The highest BCUT2D eigenvalue weighted by Gasteiger charge is 2.27. The summed E-state index contributed by atoms with van der Waals surface area (Å²) in [6.07, 6.45) is 1.54. The second-order valence-electron chi connectivity index (χ2n) is 5.13. The van der Waals surface area contributed by atoms with Gasteiger partial charge in [0, 0.05) is 14.7 Å². The third-order valence-electron chi connectivity index (χ3n) is 3.64. The SMILES string of the molecule is CC1=C(C#N)C(=O)NC(=O)/C1=C\c1ccc(-c2ccccc2I)o1. The molecule has 0 spiro atoms. The minimum atomic E-state index is -0.670. The second-order valence-corrected chi connectivity index (χ2v) is 6.30. The fourth-order valence-corrected chi connectivity index (χ4v) is 3.05. The summed E-state index contributed by atoms with van der Waals surface area (Å²) in [5.74, 6) is -0.0538. The maximum absolute atomic E-state index is 12.0. The van der Waals surface area contributed by atoms with Gasteiger partial charge in [0.2, 0.25) is 0 Å². The van der Waals surface area contributed by atoms with E-state index < -0.39 is 11.8 Å². The van der Waals surface area contributed by atoms with Crippen molar-refractivity contribution >= 4 is 40.5 Å². The zero-order chi connectivity index (χ0) is 17.3. The van der Waals surface area contributed by atoms with E-state index >= 15 is 0 Å². The van der Waals surface area contributed by atoms with E-state index in [0.29, 0.717) is 17.1 Å². The lowest BCUT2D eigenvalue weighted by Gasteiger charge is -2.15. The van der Waals surface area contributed by atoms with Gasteiger partial charge in [-0.05, 0) is 59.4 Å². The van der Waals surface area contributed by atoms with Crippen LogP contribution in [0.25, 0.3) is 17.4 Å². The quantitative estimate of drug-likeness (QED) is 0.450. The lowest BCUT2D eigenvalue weighted by molar-refractivity contribution is -0.126. The van der Waals surface area contributed by atoms with Gasteiger partial charge in [-0.3, -0.25) is 14.9 Å². The van der Waals surface area contributed by atoms with Crippen LogP contribution in [-0.4, -0.2) is 11.8 Å². The monoisotopic (exact) mass is 430 g/mol. The minimum Gasteiger partial charge on any atom is -0.457 e. The lowest BCUT2D eigenvalue weighted by atomic mass is 9.96. The topological polar surface area (TPSA) is 83.1 Å². The molecule has 3 rings (SSSR count). The molecule has 1 aliphatic heterocycles. The number of nitrogens with zero attached hydrogens (tertiary/aromatic N) is 1. The normalized spacial score (nSPS) is 16.3. The Morgan fingerprint density at radius 3 is 2.62 bits per heavy atom. The molecular weight excluding hydrogens is 419 g/mol. The number of benzene rings is 1. The molecule has 0 atom stereocenters. The van der Waals surface area contributed by atoms with Crippen molar-refractivity contribution < 1.29 is 14.0 Å². The molecule has 2 amide bonds. The Balaban J connectivity index is 2.03. The van der Waals surface area contributed by atoms with Crippen LogP contribution in [0.1, 0.15) is 12.7 Å². The Kier molecular flexibility index (Phi) is 4.36. The summed E-state index contributed by atoms with van der Waals surface area (Å²) >= 11 is 2.22. The molecule has 5 nitrogen and oxygen atoms in total. The van der Waals surface area contributed by atoms with Crippen molar-refractivity contribution in [2.45, 2.75) is 6.92 Å². The summed E-state index contributed by atoms with van der Waals surface area (Å²) in [6.45, 7) is 1.57. The van der Waals surface area contributed by atoms with Crippen molar-refractivity contribution in [3.63, 3.8) is 0 Å². The van der Waals surface area contributed by atoms with E-state index in [1.165, 1.54) is 6.08 Å². The van der Waals surface area contributed by atoms with Gasteiger partial charge in [0.15, 0.2) is 0 Å². The third-order valence-corrected chi connectivity index (χ3v) is 4.58. The van der Waals surface area contributed by atoms with Crippen LogP contribution in [0.4, 0.5) is 0 Å². The van der Waals surface area contributed by atoms with Crippen molar-refractivity contribution in [1.29, 1.82) is 5.26 Å². The smallest absolute Gasteiger partial charge is 0.269 e. The molecule has 1 aromatic heterocycles. The first-order valence-electron chi connectivity index (χ1n) is 7.04. The van der Waals surface area contributed by atoms with E-state index in [-0.39, 0.29) is 11.1 Å². The number of imide groups is 1. The maximum Gasteiger partial charge on any atom is 0.269 e. The van der Waals surface area contributed by atoms with Crippen LogP contribution in [0.2, 0.25) is 0 Å². The van der Waals surface area contributed by atoms with Gasteiger partial charge >= 0.3 is 0 Å². The van der Waals surface area contributed by atoms with Gasteiger partial charge in [0.1, 0.15) is 23.2 Å². The van der Waals surface area contributed by atoms with E-state index in [4.69, 9.17) is 9.68 Å². The van der Waals surface area contributed by atoms with Crippen LogP contribution in [-0.2, 0) is 9.59 Å². The molecule has 1 aromatic carbocycles. The first kappa shape index (κ1) is 16.2. The van der Waals surface area contributed by atoms with E-state index in [1.807, 2.05) is 36.4 Å². The van der Waals surface area contributed by atoms with Gasteiger partial charge in [0.25, 0.3) is 11.8 Å². The summed E-state index contributed by atoms with van der Waals surface area (Å²) in [6, 6.07) is 13.2. The molecule has 24 heavy (non-hydrogen) atoms. The van der Waals surface area contributed by atoms with Gasteiger partial charge in [-0.1, -0.05) is 18.2 Å². The average molecular weight is 430 g/mol. The number of carbonyl (C=O) groups excluding carboxylic acids is 2. The van der Waals surface area contributed by atoms with Crippen LogP contribution in [0, 0.1) is 14.9 Å². The number of halogens is 1. The highest BCUT2D eigenvalue weighted by Crippen LogP contribution is 2.29. The van der Waals surface area contributed by atoms with E-state index in [0.717, 1.165) is 9.13 Å². The molecule has 6 heteroatoms. The molecule has 118 valence electrons. The maximum atomic E-state index is 12.0. The molecule has 0 saturated carbocycles. The fraction of sp³-hybridized carbons (Fsp3) is 0.0556. The minimum absolute atomic E-state index is 0.0646. The molecule has 2 heterocycles. The predicted octanol–water partition coefficient (Wildman–Crippen LogP) is 3.43. The highest BCUT2D eigenvalue weighted by atomic mass is 127. The average Bonchev–Trinajstić information content (AvgIpc) is 3.00. The lowest BCUT2D eigenvalue weighted by Crippen LogP contribution is -2.37. The van der Waals surface area contributed by atoms with E-state index in [2.05, 4.69) is 27.9 Å². The Bertz CT molecular complexity index is 961. The molecule has 0 bridgehead atoms. The van der Waals surface area contributed by atoms with Crippen molar-refractivity contribution in [2.75, 3.05) is 0 Å². The van der Waals surface area contributed by atoms with E-state index in [1.54, 1.807) is 13.0 Å². The van der Waals surface area contributed by atoms with Crippen LogP contribution in [0.3, 0.4) is 0 Å². The number of amides is 2. The molecule has 0 unspecified atom stereocenters. The van der Waals surface area contributed by atoms with Gasteiger partial charge in [0.05, 0.1) is 0 Å². The molecule has 1 aliphatic rings. The zero-order valence-corrected chi connectivity index (χ0v) is 14.7. The first-order valence-corrected chi connectivity index (χ1v) is 8.12. The Morgan fingerprint density at radius 1 is 1.17 bits per heavy atom. The second kappa shape index (κ2) is 6.45. The summed E-state index contributed by atoms with van der Waals surface area (Å²) in [7, 11) is 0. The van der Waals surface area contributed by atoms with Crippen molar-refractivity contribution in [1.82, 2.24) is 5.32 Å². The summed E-state index contributed by atoms with van der Waals surface area (Å²) < 4.78 is 6.84. The fourth-order valence-electron chi connectivity index (χ4n) is 2.40. The van der Waals surface area contributed by atoms with Crippen LogP contribution in [0.5, 0.6) is 0 Å². The Hall–Kier alpha value is -2.66. The number of hydrogen-bond donors (Lipinski definition) is 1. The molecular formula is C18H11IN2O3. The Morgan fingerprint density at radius 2 is 1.92 bits per heavy atom. The number of hydrogen-bond acceptors (Lipinski definition) is 4. The highest BCUT2D eigenvalue weighted by molar-refractivity contribution is 14.1. The zero-order valence-electron chi connectivity index (χ0n) is 12.6. The van der Waals surface area contributed by atoms with Gasteiger partial charge in [-0.15, -0.1) is 0 Å². The van der Waals surface area contributed by atoms with Crippen LogP contribution < -0.4 is 5.32 Å². The summed E-state index contributed by atoms with van der Waals surface area (Å²) in [5, 5.41) is 11.2. The van der Waals surface area contributed by atoms with Gasteiger partial charge < -0.3 is 4.42 Å². The standard InChI is InChI=1S/C18H11IN2O3/c1-10-13(17(22)21-18(23)14(10)9-20)8-11-6-7-16(24-11)12-4-2-3-5-15(12)19/h2-8H,1H3,(H,21,22,23)/b13-8-. The number of carbonyl (C=O) groups is 2. The molecule has 2 aromatic rings. The first-order chi connectivity index (χ1) is 11.5. The van der Waals surface area contributed by atoms with Crippen LogP contribution in [0.15, 0.2) is 57.5 Å². The van der Waals surface area contributed by atoms with Crippen molar-refractivity contribution in [3.8, 4) is 17.4 Å². The number of furan rings is 1. The van der Waals surface area contributed by atoms with E-state index in [9.17, 15) is 9.59 Å². The molecule has 0 saturated heterocycles. The molecule has 0 radical (unpaired) electrons. The molecule has 0 fully saturated rings. The summed E-state index contributed by atoms with van der Waals surface area (Å²) in [4.78, 5) is 23.6. The van der Waals surface area contributed by atoms with Gasteiger partial charge in [-0.2, -0.15) is 5.26 Å². The van der Waals surface area contributed by atoms with Crippen molar-refractivity contribution in [3.05, 3.63) is 62.4 Å². The largest absolute Gasteiger partial charge is 0.457 e.